The largest absolute Gasteiger partial charge is 0.334 e. The highest BCUT2D eigenvalue weighted by atomic mass is 16.2. The Hall–Kier alpha value is -1.75. The van der Waals surface area contributed by atoms with Crippen LogP contribution in [0.25, 0.3) is 0 Å². The smallest absolute Gasteiger partial charge is 0.295 e. The van der Waals surface area contributed by atoms with Crippen LogP contribution in [0.3, 0.4) is 0 Å². The number of amides is 1. The van der Waals surface area contributed by atoms with Crippen LogP contribution in [0.15, 0.2) is 24.5 Å². The summed E-state index contributed by atoms with van der Waals surface area (Å²) in [7, 11) is 0. The van der Waals surface area contributed by atoms with E-state index in [9.17, 15) is 9.59 Å². The Balaban J connectivity index is 1.70. The van der Waals surface area contributed by atoms with E-state index in [1.165, 1.54) is 19.0 Å². The van der Waals surface area contributed by atoms with Gasteiger partial charge < -0.3 is 4.90 Å². The summed E-state index contributed by atoms with van der Waals surface area (Å²) < 4.78 is 0. The van der Waals surface area contributed by atoms with Crippen LogP contribution < -0.4 is 0 Å². The number of Topliss-reactive ketones (excluding diaryl/α,β-unsaturated/α-hetero) is 1. The lowest BCUT2D eigenvalue weighted by atomic mass is 10.0. The van der Waals surface area contributed by atoms with Gasteiger partial charge in [-0.2, -0.15) is 0 Å². The molecule has 0 aromatic carbocycles. The van der Waals surface area contributed by atoms with Gasteiger partial charge in [-0.1, -0.05) is 13.8 Å². The zero-order valence-electron chi connectivity index (χ0n) is 14.6. The molecule has 0 spiro atoms. The first-order valence-electron chi connectivity index (χ1n) is 9.04. The fourth-order valence-corrected chi connectivity index (χ4v) is 3.50. The van der Waals surface area contributed by atoms with E-state index in [1.54, 1.807) is 23.2 Å². The third kappa shape index (κ3) is 4.01. The van der Waals surface area contributed by atoms with Crippen LogP contribution in [0.5, 0.6) is 0 Å². The van der Waals surface area contributed by atoms with Gasteiger partial charge in [-0.15, -0.1) is 0 Å². The Morgan fingerprint density at radius 3 is 2.71 bits per heavy atom. The van der Waals surface area contributed by atoms with E-state index in [0.717, 1.165) is 25.4 Å². The first kappa shape index (κ1) is 17.1. The van der Waals surface area contributed by atoms with Crippen molar-refractivity contribution in [3.05, 3.63) is 30.1 Å². The van der Waals surface area contributed by atoms with Crippen molar-refractivity contribution in [2.45, 2.75) is 39.2 Å². The quantitative estimate of drug-likeness (QED) is 0.614. The van der Waals surface area contributed by atoms with Gasteiger partial charge >= 0.3 is 0 Å². The summed E-state index contributed by atoms with van der Waals surface area (Å²) in [6, 6.07) is 3.68. The standard InChI is InChI=1S/C19H27N3O2/c1-14(2)17-13-22(10-4-9-21(17)12-15-6-7-15)19(24)18(23)16-5-3-8-20-11-16/h3,5,8,11,14-15,17H,4,6-7,9-10,12-13H2,1-2H3. The molecule has 2 heterocycles. The minimum Gasteiger partial charge on any atom is -0.334 e. The molecule has 24 heavy (non-hydrogen) atoms. The normalized spacial score (nSPS) is 22.5. The van der Waals surface area contributed by atoms with Crippen LogP contribution in [0.4, 0.5) is 0 Å². The molecule has 1 unspecified atom stereocenters. The minimum absolute atomic E-state index is 0.332. The summed E-state index contributed by atoms with van der Waals surface area (Å²) in [5, 5.41) is 0. The van der Waals surface area contributed by atoms with Gasteiger partial charge in [-0.3, -0.25) is 19.5 Å². The predicted octanol–water partition coefficient (Wildman–Crippen LogP) is 2.23. The Labute approximate surface area is 144 Å². The molecule has 0 bridgehead atoms. The molecule has 2 aliphatic rings. The van der Waals surface area contributed by atoms with Crippen molar-refractivity contribution < 1.29 is 9.59 Å². The number of nitrogens with zero attached hydrogens (tertiary/aromatic N) is 3. The van der Waals surface area contributed by atoms with Crippen LogP contribution in [-0.2, 0) is 4.79 Å². The third-order valence-corrected chi connectivity index (χ3v) is 5.11. The SMILES string of the molecule is CC(C)C1CN(C(=O)C(=O)c2cccnc2)CCCN1CC1CC1. The molecule has 1 aromatic rings. The van der Waals surface area contributed by atoms with E-state index < -0.39 is 5.78 Å². The van der Waals surface area contributed by atoms with Crippen LogP contribution in [0.1, 0.15) is 43.5 Å². The molecule has 2 fully saturated rings. The molecule has 1 amide bonds. The number of hydrogen-bond donors (Lipinski definition) is 0. The van der Waals surface area contributed by atoms with E-state index in [2.05, 4.69) is 23.7 Å². The summed E-state index contributed by atoms with van der Waals surface area (Å²) in [5.74, 6) is 0.472. The van der Waals surface area contributed by atoms with Crippen molar-refractivity contribution in [1.29, 1.82) is 0 Å². The molecular formula is C19H27N3O2. The minimum atomic E-state index is -0.443. The number of ketones is 1. The Kier molecular flexibility index (Phi) is 5.29. The van der Waals surface area contributed by atoms with Crippen molar-refractivity contribution in [2.24, 2.45) is 11.8 Å². The summed E-state index contributed by atoms with van der Waals surface area (Å²) in [5.41, 5.74) is 0.377. The van der Waals surface area contributed by atoms with Gasteiger partial charge in [0.25, 0.3) is 11.7 Å². The molecule has 1 saturated heterocycles. The van der Waals surface area contributed by atoms with Gasteiger partial charge in [0.1, 0.15) is 0 Å². The number of aromatic nitrogens is 1. The molecular weight excluding hydrogens is 302 g/mol. The zero-order chi connectivity index (χ0) is 17.1. The molecule has 3 rings (SSSR count). The molecule has 1 aliphatic heterocycles. The highest BCUT2D eigenvalue weighted by Crippen LogP contribution is 2.31. The predicted molar refractivity (Wildman–Crippen MR) is 92.7 cm³/mol. The van der Waals surface area contributed by atoms with Gasteiger partial charge in [-0.25, -0.2) is 0 Å². The van der Waals surface area contributed by atoms with Crippen LogP contribution in [-0.4, -0.2) is 58.7 Å². The number of carbonyl (C=O) groups excluding carboxylic acids is 2. The molecule has 1 aliphatic carbocycles. The lowest BCUT2D eigenvalue weighted by Gasteiger charge is -2.34. The molecule has 1 atom stereocenters. The molecule has 1 aromatic heterocycles. The van der Waals surface area contributed by atoms with Gasteiger partial charge in [0.2, 0.25) is 0 Å². The van der Waals surface area contributed by atoms with Crippen LogP contribution in [0, 0.1) is 11.8 Å². The summed E-state index contributed by atoms with van der Waals surface area (Å²) >= 11 is 0. The highest BCUT2D eigenvalue weighted by molar-refractivity contribution is 6.42. The van der Waals surface area contributed by atoms with Crippen molar-refractivity contribution in [2.75, 3.05) is 26.2 Å². The second-order valence-corrected chi connectivity index (χ2v) is 7.43. The van der Waals surface area contributed by atoms with Gasteiger partial charge in [0.05, 0.1) is 0 Å². The second kappa shape index (κ2) is 7.43. The maximum atomic E-state index is 12.7. The molecule has 5 heteroatoms. The monoisotopic (exact) mass is 329 g/mol. The summed E-state index contributed by atoms with van der Waals surface area (Å²) in [6.45, 7) is 7.89. The van der Waals surface area contributed by atoms with Crippen LogP contribution in [0.2, 0.25) is 0 Å². The van der Waals surface area contributed by atoms with E-state index in [0.29, 0.717) is 30.6 Å². The zero-order valence-corrected chi connectivity index (χ0v) is 14.6. The van der Waals surface area contributed by atoms with E-state index >= 15 is 0 Å². The molecule has 0 N–H and O–H groups in total. The van der Waals surface area contributed by atoms with Gasteiger partial charge in [-0.05, 0) is 43.2 Å². The Morgan fingerprint density at radius 1 is 1.29 bits per heavy atom. The number of hydrogen-bond acceptors (Lipinski definition) is 4. The molecule has 130 valence electrons. The molecule has 5 nitrogen and oxygen atoms in total. The highest BCUT2D eigenvalue weighted by Gasteiger charge is 2.34. The first-order valence-corrected chi connectivity index (χ1v) is 9.04. The topological polar surface area (TPSA) is 53.5 Å². The molecule has 1 saturated carbocycles. The number of carbonyl (C=O) groups is 2. The average molecular weight is 329 g/mol. The first-order chi connectivity index (χ1) is 11.6. The van der Waals surface area contributed by atoms with E-state index in [4.69, 9.17) is 0 Å². The Morgan fingerprint density at radius 2 is 2.08 bits per heavy atom. The summed E-state index contributed by atoms with van der Waals surface area (Å²) in [4.78, 5) is 33.4. The van der Waals surface area contributed by atoms with Gasteiger partial charge in [0, 0.05) is 50.2 Å². The second-order valence-electron chi connectivity index (χ2n) is 7.43. The van der Waals surface area contributed by atoms with E-state index in [1.807, 2.05) is 0 Å². The number of rotatable bonds is 5. The molecule has 0 radical (unpaired) electrons. The van der Waals surface area contributed by atoms with Crippen LogP contribution >= 0.6 is 0 Å². The lowest BCUT2D eigenvalue weighted by Crippen LogP contribution is -2.47. The number of pyridine rings is 1. The maximum Gasteiger partial charge on any atom is 0.295 e. The fourth-order valence-electron chi connectivity index (χ4n) is 3.50. The van der Waals surface area contributed by atoms with Crippen molar-refractivity contribution in [1.82, 2.24) is 14.8 Å². The van der Waals surface area contributed by atoms with Crippen molar-refractivity contribution in [3.63, 3.8) is 0 Å². The van der Waals surface area contributed by atoms with E-state index in [-0.39, 0.29) is 5.91 Å². The van der Waals surface area contributed by atoms with Crippen molar-refractivity contribution >= 4 is 11.7 Å². The Bertz CT molecular complexity index is 584. The average Bonchev–Trinajstić information content (AvgIpc) is 3.41. The maximum absolute atomic E-state index is 12.7. The van der Waals surface area contributed by atoms with Crippen molar-refractivity contribution in [3.8, 4) is 0 Å². The summed E-state index contributed by atoms with van der Waals surface area (Å²) in [6.07, 6.45) is 6.68. The lowest BCUT2D eigenvalue weighted by molar-refractivity contribution is -0.126. The fraction of sp³-hybridized carbons (Fsp3) is 0.632. The van der Waals surface area contributed by atoms with Gasteiger partial charge in [0.15, 0.2) is 0 Å². The third-order valence-electron chi connectivity index (χ3n) is 5.11.